The number of nitrogens with zero attached hydrogens (tertiary/aromatic N) is 3. The minimum atomic E-state index is -0.573. The number of carbonyl (C=O) groups is 2. The molecule has 8 heteroatoms. The standard InChI is InChI=1S/C19H26N4O4/c1-21-6-8-22(9-7-21)13-17(25)14-2-4-15(5-3-14)20-16-12-18(26)23(10-11-24)19(16)27/h2-5,12,17,20,24-25H,6-11,13H2,1H3. The summed E-state index contributed by atoms with van der Waals surface area (Å²) >= 11 is 0. The van der Waals surface area contributed by atoms with Gasteiger partial charge in [0.25, 0.3) is 11.8 Å². The Morgan fingerprint density at radius 1 is 1.11 bits per heavy atom. The van der Waals surface area contributed by atoms with E-state index >= 15 is 0 Å². The molecule has 1 atom stereocenters. The number of β-amino-alcohol motifs (C(OH)–C–C–N with tert-alkyl or cyclic N) is 2. The van der Waals surface area contributed by atoms with Gasteiger partial charge in [0.1, 0.15) is 5.70 Å². The fourth-order valence-electron chi connectivity index (χ4n) is 3.23. The fraction of sp³-hybridized carbons (Fsp3) is 0.474. The first-order valence-electron chi connectivity index (χ1n) is 9.12. The first-order chi connectivity index (χ1) is 13.0. The smallest absolute Gasteiger partial charge is 0.277 e. The number of hydrogen-bond donors (Lipinski definition) is 3. The minimum Gasteiger partial charge on any atom is -0.395 e. The third-order valence-corrected chi connectivity index (χ3v) is 4.93. The van der Waals surface area contributed by atoms with Crippen molar-refractivity contribution < 1.29 is 19.8 Å². The normalized spacial score (nSPS) is 20.1. The van der Waals surface area contributed by atoms with E-state index in [-0.39, 0.29) is 18.8 Å². The van der Waals surface area contributed by atoms with E-state index in [1.165, 1.54) is 6.08 Å². The number of aliphatic hydroxyl groups excluding tert-OH is 2. The van der Waals surface area contributed by atoms with Crippen LogP contribution in [0.25, 0.3) is 0 Å². The van der Waals surface area contributed by atoms with Crippen LogP contribution >= 0.6 is 0 Å². The molecule has 27 heavy (non-hydrogen) atoms. The number of anilines is 1. The molecule has 2 heterocycles. The summed E-state index contributed by atoms with van der Waals surface area (Å²) in [6.07, 6.45) is 0.658. The van der Waals surface area contributed by atoms with Crippen LogP contribution in [0, 0.1) is 0 Å². The molecule has 2 aliphatic rings. The number of likely N-dealkylation sites (N-methyl/N-ethyl adjacent to an activating group) is 1. The number of imide groups is 1. The summed E-state index contributed by atoms with van der Waals surface area (Å²) in [5.41, 5.74) is 1.65. The molecule has 1 fully saturated rings. The predicted molar refractivity (Wildman–Crippen MR) is 101 cm³/mol. The summed E-state index contributed by atoms with van der Waals surface area (Å²) in [4.78, 5) is 29.4. The Kier molecular flexibility index (Phi) is 6.22. The quantitative estimate of drug-likeness (QED) is 0.560. The third kappa shape index (κ3) is 4.72. The molecule has 1 aromatic rings. The Balaban J connectivity index is 1.56. The Morgan fingerprint density at radius 3 is 2.41 bits per heavy atom. The predicted octanol–water partition coefficient (Wildman–Crippen LogP) is -0.376. The van der Waals surface area contributed by atoms with Crippen molar-refractivity contribution in [3.8, 4) is 0 Å². The van der Waals surface area contributed by atoms with Gasteiger partial charge in [-0.25, -0.2) is 0 Å². The molecule has 0 bridgehead atoms. The minimum absolute atomic E-state index is 0.0171. The summed E-state index contributed by atoms with van der Waals surface area (Å²) in [6.45, 7) is 4.21. The van der Waals surface area contributed by atoms with Crippen molar-refractivity contribution in [1.82, 2.24) is 14.7 Å². The van der Waals surface area contributed by atoms with E-state index in [2.05, 4.69) is 22.2 Å². The van der Waals surface area contributed by atoms with Gasteiger partial charge in [-0.2, -0.15) is 0 Å². The number of hydrogen-bond acceptors (Lipinski definition) is 7. The lowest BCUT2D eigenvalue weighted by molar-refractivity contribution is -0.137. The highest BCUT2D eigenvalue weighted by Crippen LogP contribution is 2.21. The van der Waals surface area contributed by atoms with Gasteiger partial charge in [-0.05, 0) is 24.7 Å². The van der Waals surface area contributed by atoms with Crippen molar-refractivity contribution in [2.45, 2.75) is 6.10 Å². The summed E-state index contributed by atoms with van der Waals surface area (Å²) in [5, 5.41) is 22.3. The van der Waals surface area contributed by atoms with E-state index in [1.54, 1.807) is 12.1 Å². The van der Waals surface area contributed by atoms with Crippen LogP contribution in [-0.4, -0.2) is 89.7 Å². The number of aliphatic hydroxyl groups is 2. The molecule has 8 nitrogen and oxygen atoms in total. The molecule has 0 spiro atoms. The average Bonchev–Trinajstić information content (AvgIpc) is 2.92. The Hall–Kier alpha value is -2.26. The number of carbonyl (C=O) groups excluding carboxylic acids is 2. The summed E-state index contributed by atoms with van der Waals surface area (Å²) in [5.74, 6) is -0.885. The maximum Gasteiger partial charge on any atom is 0.277 e. The van der Waals surface area contributed by atoms with Gasteiger partial charge in [-0.3, -0.25) is 19.4 Å². The average molecular weight is 374 g/mol. The maximum atomic E-state index is 12.1. The van der Waals surface area contributed by atoms with Crippen LogP contribution in [0.2, 0.25) is 0 Å². The number of nitrogens with one attached hydrogen (secondary N) is 1. The number of rotatable bonds is 7. The lowest BCUT2D eigenvalue weighted by atomic mass is 10.1. The second-order valence-corrected chi connectivity index (χ2v) is 6.94. The first-order valence-corrected chi connectivity index (χ1v) is 9.12. The van der Waals surface area contributed by atoms with Crippen molar-refractivity contribution in [2.75, 3.05) is 58.2 Å². The topological polar surface area (TPSA) is 96.3 Å². The van der Waals surface area contributed by atoms with E-state index in [0.29, 0.717) is 12.2 Å². The number of benzene rings is 1. The summed E-state index contributed by atoms with van der Waals surface area (Å²) in [6, 6.07) is 7.18. The van der Waals surface area contributed by atoms with Gasteiger partial charge in [-0.15, -0.1) is 0 Å². The first kappa shape index (κ1) is 19.5. The highest BCUT2D eigenvalue weighted by molar-refractivity contribution is 6.17. The molecule has 3 N–H and O–H groups in total. The lowest BCUT2D eigenvalue weighted by Gasteiger charge is -2.33. The molecule has 0 radical (unpaired) electrons. The number of piperazine rings is 1. The van der Waals surface area contributed by atoms with Crippen LogP contribution in [-0.2, 0) is 9.59 Å². The van der Waals surface area contributed by atoms with Crippen molar-refractivity contribution in [1.29, 1.82) is 0 Å². The van der Waals surface area contributed by atoms with E-state index in [0.717, 1.165) is 36.6 Å². The molecular formula is C19H26N4O4. The Morgan fingerprint density at radius 2 is 1.78 bits per heavy atom. The van der Waals surface area contributed by atoms with Gasteiger partial charge in [-0.1, -0.05) is 12.1 Å². The van der Waals surface area contributed by atoms with Crippen molar-refractivity contribution >= 4 is 17.5 Å². The van der Waals surface area contributed by atoms with Gasteiger partial charge in [0, 0.05) is 44.5 Å². The molecule has 3 rings (SSSR count). The van der Waals surface area contributed by atoms with Crippen LogP contribution in [0.15, 0.2) is 36.0 Å². The van der Waals surface area contributed by atoms with Crippen LogP contribution in [0.1, 0.15) is 11.7 Å². The molecular weight excluding hydrogens is 348 g/mol. The molecule has 0 aliphatic carbocycles. The Bertz CT molecular complexity index is 711. The largest absolute Gasteiger partial charge is 0.395 e. The fourth-order valence-corrected chi connectivity index (χ4v) is 3.23. The zero-order chi connectivity index (χ0) is 19.4. The maximum absolute atomic E-state index is 12.1. The Labute approximate surface area is 158 Å². The van der Waals surface area contributed by atoms with Crippen LogP contribution in [0.3, 0.4) is 0 Å². The zero-order valence-electron chi connectivity index (χ0n) is 15.5. The van der Waals surface area contributed by atoms with Gasteiger partial charge in [0.2, 0.25) is 0 Å². The summed E-state index contributed by atoms with van der Waals surface area (Å²) in [7, 11) is 2.10. The van der Waals surface area contributed by atoms with Crippen LogP contribution in [0.5, 0.6) is 0 Å². The summed E-state index contributed by atoms with van der Waals surface area (Å²) < 4.78 is 0. The molecule has 2 amide bonds. The number of amides is 2. The molecule has 1 unspecified atom stereocenters. The van der Waals surface area contributed by atoms with Crippen molar-refractivity contribution in [3.05, 3.63) is 41.6 Å². The van der Waals surface area contributed by atoms with Gasteiger partial charge in [0.15, 0.2) is 0 Å². The van der Waals surface area contributed by atoms with Gasteiger partial charge < -0.3 is 20.4 Å². The van der Waals surface area contributed by atoms with E-state index in [9.17, 15) is 14.7 Å². The highest BCUT2D eigenvalue weighted by Gasteiger charge is 2.30. The highest BCUT2D eigenvalue weighted by atomic mass is 16.3. The van der Waals surface area contributed by atoms with Gasteiger partial charge >= 0.3 is 0 Å². The molecule has 0 aromatic heterocycles. The van der Waals surface area contributed by atoms with E-state index in [4.69, 9.17) is 5.11 Å². The molecule has 1 aromatic carbocycles. The monoisotopic (exact) mass is 374 g/mol. The molecule has 2 aliphatic heterocycles. The third-order valence-electron chi connectivity index (χ3n) is 4.93. The van der Waals surface area contributed by atoms with Crippen LogP contribution < -0.4 is 5.32 Å². The van der Waals surface area contributed by atoms with E-state index in [1.807, 2.05) is 12.1 Å². The van der Waals surface area contributed by atoms with E-state index < -0.39 is 17.9 Å². The molecule has 146 valence electrons. The molecule has 0 saturated carbocycles. The van der Waals surface area contributed by atoms with Crippen LogP contribution in [0.4, 0.5) is 5.69 Å². The SMILES string of the molecule is CN1CCN(CC(O)c2ccc(NC3=CC(=O)N(CCO)C3=O)cc2)CC1. The lowest BCUT2D eigenvalue weighted by Crippen LogP contribution is -2.45. The second kappa shape index (κ2) is 8.62. The van der Waals surface area contributed by atoms with Crippen molar-refractivity contribution in [3.63, 3.8) is 0 Å². The van der Waals surface area contributed by atoms with Gasteiger partial charge in [0.05, 0.1) is 19.3 Å². The zero-order valence-corrected chi connectivity index (χ0v) is 15.5. The second-order valence-electron chi connectivity index (χ2n) is 6.94. The van der Waals surface area contributed by atoms with Crippen molar-refractivity contribution in [2.24, 2.45) is 0 Å². The molecule has 1 saturated heterocycles.